The van der Waals surface area contributed by atoms with Crippen LogP contribution in [0, 0.1) is 10.1 Å². The number of nitrogens with zero attached hydrogens (tertiary/aromatic N) is 2. The Morgan fingerprint density at radius 2 is 2.29 bits per heavy atom. The topological polar surface area (TPSA) is 87.8 Å². The standard InChI is InChI=1S/C10H11ClN2O4/c1-17-3-2-12-6-7-4-8(11)5-9(10(7)14)13(15)16/h4-6,14H,2-3H2,1H3/p-1. The third-order valence-corrected chi connectivity index (χ3v) is 2.13. The molecule has 1 rings (SSSR count). The Hall–Kier alpha value is -1.66. The average molecular weight is 258 g/mol. The molecule has 0 heterocycles. The molecule has 0 saturated carbocycles. The first-order valence-corrected chi connectivity index (χ1v) is 5.07. The molecule has 7 heteroatoms. The number of methoxy groups -OCH3 is 1. The van der Waals surface area contributed by atoms with E-state index in [9.17, 15) is 15.2 Å². The fraction of sp³-hybridized carbons (Fsp3) is 0.300. The fourth-order valence-electron chi connectivity index (χ4n) is 1.14. The number of hydrogen-bond donors (Lipinski definition) is 0. The summed E-state index contributed by atoms with van der Waals surface area (Å²) in [5, 5.41) is 22.3. The lowest BCUT2D eigenvalue weighted by Gasteiger charge is -2.10. The normalized spacial score (nSPS) is 10.9. The third kappa shape index (κ3) is 3.69. The zero-order valence-electron chi connectivity index (χ0n) is 9.05. The quantitative estimate of drug-likeness (QED) is 0.345. The molecule has 0 unspecified atom stereocenters. The Morgan fingerprint density at radius 1 is 1.59 bits per heavy atom. The van der Waals surface area contributed by atoms with E-state index >= 15 is 0 Å². The van der Waals surface area contributed by atoms with Crippen LogP contribution in [0.25, 0.3) is 0 Å². The lowest BCUT2D eigenvalue weighted by Crippen LogP contribution is -2.02. The molecule has 6 nitrogen and oxygen atoms in total. The van der Waals surface area contributed by atoms with Crippen molar-refractivity contribution in [2.45, 2.75) is 0 Å². The summed E-state index contributed by atoms with van der Waals surface area (Å²) in [6.45, 7) is 0.781. The summed E-state index contributed by atoms with van der Waals surface area (Å²) >= 11 is 5.68. The number of benzene rings is 1. The summed E-state index contributed by atoms with van der Waals surface area (Å²) in [5.41, 5.74) is -0.453. The number of halogens is 1. The highest BCUT2D eigenvalue weighted by atomic mass is 35.5. The summed E-state index contributed by atoms with van der Waals surface area (Å²) in [4.78, 5) is 13.7. The highest BCUT2D eigenvalue weighted by Gasteiger charge is 2.10. The van der Waals surface area contributed by atoms with Gasteiger partial charge in [0, 0.05) is 24.4 Å². The van der Waals surface area contributed by atoms with Crippen molar-refractivity contribution in [3.63, 3.8) is 0 Å². The molecule has 0 N–H and O–H groups in total. The van der Waals surface area contributed by atoms with Crippen molar-refractivity contribution in [2.75, 3.05) is 20.3 Å². The van der Waals surface area contributed by atoms with E-state index < -0.39 is 16.4 Å². The molecule has 0 fully saturated rings. The monoisotopic (exact) mass is 257 g/mol. The van der Waals surface area contributed by atoms with Gasteiger partial charge in [-0.2, -0.15) is 0 Å². The molecule has 0 radical (unpaired) electrons. The van der Waals surface area contributed by atoms with E-state index in [1.54, 1.807) is 0 Å². The van der Waals surface area contributed by atoms with Crippen LogP contribution in [-0.2, 0) is 4.74 Å². The first-order valence-electron chi connectivity index (χ1n) is 4.70. The zero-order chi connectivity index (χ0) is 12.8. The van der Waals surface area contributed by atoms with Gasteiger partial charge in [-0.15, -0.1) is 0 Å². The van der Waals surface area contributed by atoms with Gasteiger partial charge < -0.3 is 9.84 Å². The largest absolute Gasteiger partial charge is 0.867 e. The van der Waals surface area contributed by atoms with Gasteiger partial charge in [-0.25, -0.2) is 0 Å². The highest BCUT2D eigenvalue weighted by molar-refractivity contribution is 6.31. The maximum Gasteiger partial charge on any atom is 0.263 e. The lowest BCUT2D eigenvalue weighted by atomic mass is 10.2. The fourth-order valence-corrected chi connectivity index (χ4v) is 1.36. The maximum absolute atomic E-state index is 11.6. The molecule has 17 heavy (non-hydrogen) atoms. The van der Waals surface area contributed by atoms with Crippen LogP contribution in [-0.4, -0.2) is 31.4 Å². The summed E-state index contributed by atoms with van der Waals surface area (Å²) < 4.78 is 4.77. The van der Waals surface area contributed by atoms with Crippen LogP contribution in [0.15, 0.2) is 17.1 Å². The second-order valence-electron chi connectivity index (χ2n) is 3.13. The minimum atomic E-state index is -0.763. The van der Waals surface area contributed by atoms with Gasteiger partial charge in [-0.05, 0) is 17.4 Å². The Morgan fingerprint density at radius 3 is 2.88 bits per heavy atom. The van der Waals surface area contributed by atoms with E-state index in [1.165, 1.54) is 19.4 Å². The van der Waals surface area contributed by atoms with Gasteiger partial charge in [0.2, 0.25) is 0 Å². The van der Waals surface area contributed by atoms with Crippen molar-refractivity contribution in [1.82, 2.24) is 0 Å². The molecule has 0 spiro atoms. The van der Waals surface area contributed by atoms with Crippen molar-refractivity contribution in [3.05, 3.63) is 32.8 Å². The highest BCUT2D eigenvalue weighted by Crippen LogP contribution is 2.29. The maximum atomic E-state index is 11.6. The number of aliphatic imine (C=N–C) groups is 1. The van der Waals surface area contributed by atoms with Crippen LogP contribution in [0.4, 0.5) is 5.69 Å². The van der Waals surface area contributed by atoms with Crippen molar-refractivity contribution in [3.8, 4) is 5.75 Å². The van der Waals surface area contributed by atoms with Gasteiger partial charge >= 0.3 is 0 Å². The van der Waals surface area contributed by atoms with E-state index in [4.69, 9.17) is 16.3 Å². The van der Waals surface area contributed by atoms with Crippen LogP contribution in [0.3, 0.4) is 0 Å². The minimum Gasteiger partial charge on any atom is -0.867 e. The first-order chi connectivity index (χ1) is 8.06. The van der Waals surface area contributed by atoms with Crippen molar-refractivity contribution in [1.29, 1.82) is 0 Å². The second-order valence-corrected chi connectivity index (χ2v) is 3.56. The number of rotatable bonds is 5. The summed E-state index contributed by atoms with van der Waals surface area (Å²) in [7, 11) is 1.53. The zero-order valence-corrected chi connectivity index (χ0v) is 9.81. The predicted octanol–water partition coefficient (Wildman–Crippen LogP) is 1.39. The Bertz CT molecular complexity index is 448. The molecule has 1 aromatic rings. The second kappa shape index (κ2) is 6.17. The van der Waals surface area contributed by atoms with E-state index in [0.29, 0.717) is 13.2 Å². The summed E-state index contributed by atoms with van der Waals surface area (Å²) in [6, 6.07) is 2.36. The van der Waals surface area contributed by atoms with Gasteiger partial charge in [-0.3, -0.25) is 15.1 Å². The number of nitro groups is 1. The van der Waals surface area contributed by atoms with Gasteiger partial charge in [0.05, 0.1) is 18.1 Å². The molecule has 0 aliphatic rings. The van der Waals surface area contributed by atoms with Crippen LogP contribution < -0.4 is 5.11 Å². The SMILES string of the molecule is COCCN=Cc1cc(Cl)cc([N+](=O)[O-])c1[O-]. The lowest BCUT2D eigenvalue weighted by molar-refractivity contribution is -0.398. The third-order valence-electron chi connectivity index (χ3n) is 1.91. The van der Waals surface area contributed by atoms with Crippen molar-refractivity contribution >= 4 is 23.5 Å². The first kappa shape index (κ1) is 13.4. The molecule has 1 aromatic carbocycles. The number of ether oxygens (including phenoxy) is 1. The molecular formula is C10H10ClN2O4-. The van der Waals surface area contributed by atoms with Gasteiger partial charge in [0.1, 0.15) is 0 Å². The van der Waals surface area contributed by atoms with E-state index in [2.05, 4.69) is 4.99 Å². The van der Waals surface area contributed by atoms with Gasteiger partial charge in [0.25, 0.3) is 5.69 Å². The molecule has 0 aliphatic heterocycles. The van der Waals surface area contributed by atoms with Crippen LogP contribution in [0.2, 0.25) is 5.02 Å². The molecule has 0 amide bonds. The van der Waals surface area contributed by atoms with E-state index in [0.717, 1.165) is 6.07 Å². The van der Waals surface area contributed by atoms with Crippen LogP contribution in [0.5, 0.6) is 5.75 Å². The van der Waals surface area contributed by atoms with Crippen molar-refractivity contribution < 1.29 is 14.8 Å². The van der Waals surface area contributed by atoms with Gasteiger partial charge in [0.15, 0.2) is 0 Å². The Kier molecular flexibility index (Phi) is 4.86. The molecule has 0 aromatic heterocycles. The summed E-state index contributed by atoms with van der Waals surface area (Å²) in [5.74, 6) is -0.694. The minimum absolute atomic E-state index is 0.0975. The Labute approximate surface area is 103 Å². The van der Waals surface area contributed by atoms with Crippen LogP contribution >= 0.6 is 11.6 Å². The Balaban J connectivity index is 2.99. The van der Waals surface area contributed by atoms with Crippen LogP contribution in [0.1, 0.15) is 5.56 Å². The molecule has 0 aliphatic carbocycles. The van der Waals surface area contributed by atoms with E-state index in [-0.39, 0.29) is 10.6 Å². The molecule has 0 saturated heterocycles. The molecule has 92 valence electrons. The molecule has 0 atom stereocenters. The number of nitro benzene ring substituents is 1. The molecule has 0 bridgehead atoms. The summed E-state index contributed by atoms with van der Waals surface area (Å²) in [6.07, 6.45) is 1.26. The van der Waals surface area contributed by atoms with E-state index in [1.807, 2.05) is 0 Å². The predicted molar refractivity (Wildman–Crippen MR) is 61.9 cm³/mol. The molecular weight excluding hydrogens is 248 g/mol. The number of hydrogen-bond acceptors (Lipinski definition) is 5. The van der Waals surface area contributed by atoms with Crippen molar-refractivity contribution in [2.24, 2.45) is 4.99 Å². The van der Waals surface area contributed by atoms with Gasteiger partial charge in [-0.1, -0.05) is 11.6 Å². The average Bonchev–Trinajstić information content (AvgIpc) is 2.28. The smallest absolute Gasteiger partial charge is 0.263 e.